The monoisotopic (exact) mass is 622 g/mol. The van der Waals surface area contributed by atoms with Crippen LogP contribution in [0.4, 0.5) is 0 Å². The minimum atomic E-state index is -0.776. The van der Waals surface area contributed by atoms with Gasteiger partial charge in [0.1, 0.15) is 34.1 Å². The minimum Gasteiger partial charge on any atom is -0.507 e. The van der Waals surface area contributed by atoms with Gasteiger partial charge in [0.15, 0.2) is 8.68 Å². The number of rotatable bonds is 10. The van der Waals surface area contributed by atoms with E-state index in [1.165, 1.54) is 51.2 Å². The van der Waals surface area contributed by atoms with Crippen molar-refractivity contribution in [2.45, 2.75) is 60.7 Å². The summed E-state index contributed by atoms with van der Waals surface area (Å²) in [6, 6.07) is 2.55. The summed E-state index contributed by atoms with van der Waals surface area (Å²) in [6.45, 7) is 9.17. The Bertz CT molecular complexity index is 1530. The minimum absolute atomic E-state index is 0.0716. The Balaban J connectivity index is 1.55. The van der Waals surface area contributed by atoms with Crippen molar-refractivity contribution in [3.63, 3.8) is 0 Å². The largest absolute Gasteiger partial charge is 0.507 e. The van der Waals surface area contributed by atoms with Crippen molar-refractivity contribution in [2.75, 3.05) is 0 Å². The topological polar surface area (TPSA) is 210 Å². The van der Waals surface area contributed by atoms with Crippen molar-refractivity contribution in [2.24, 2.45) is 10.2 Å². The molecule has 0 fully saturated rings. The molecule has 17 heteroatoms. The number of amides is 2. The van der Waals surface area contributed by atoms with Gasteiger partial charge in [-0.1, -0.05) is 34.9 Å². The summed E-state index contributed by atoms with van der Waals surface area (Å²) in [5.41, 5.74) is 2.99. The Labute approximate surface area is 245 Å². The van der Waals surface area contributed by atoms with Gasteiger partial charge in [0.25, 0.3) is 11.8 Å². The van der Waals surface area contributed by atoms with E-state index in [0.29, 0.717) is 8.68 Å². The van der Waals surface area contributed by atoms with E-state index >= 15 is 0 Å². The van der Waals surface area contributed by atoms with E-state index in [0.717, 1.165) is 23.5 Å². The smallest absolute Gasteiger partial charge is 0.348 e. The molecule has 3 aromatic rings. The summed E-state index contributed by atoms with van der Waals surface area (Å²) in [6.07, 6.45) is 0. The zero-order valence-electron chi connectivity index (χ0n) is 22.7. The maximum absolute atomic E-state index is 12.5. The molecule has 2 unspecified atom stereocenters. The second-order valence-electron chi connectivity index (χ2n) is 8.51. The van der Waals surface area contributed by atoms with Crippen LogP contribution in [0.15, 0.2) is 49.4 Å². The van der Waals surface area contributed by atoms with Gasteiger partial charge in [0.2, 0.25) is 0 Å². The zero-order valence-corrected chi connectivity index (χ0v) is 25.1. The number of aromatic nitrogens is 2. The molecule has 2 atom stereocenters. The lowest BCUT2D eigenvalue weighted by atomic mass is 10.2. The predicted octanol–water partition coefficient (Wildman–Crippen LogP) is 2.51. The number of nitrogens with zero attached hydrogens (tertiary/aromatic N) is 4. The Kier molecular flexibility index (Phi) is 10.5. The highest BCUT2D eigenvalue weighted by molar-refractivity contribution is 8.04. The van der Waals surface area contributed by atoms with Gasteiger partial charge in [0, 0.05) is 12.1 Å². The van der Waals surface area contributed by atoms with Crippen LogP contribution in [-0.4, -0.2) is 54.1 Å². The SMILES string of the molecule is CC(=NNC(=O)C(C)Sc1nnc(SC(C)C(=O)NN=C(C)c2c(O)cc(C)oc2=O)s1)c1c(O)cc(C)oc1=O. The summed E-state index contributed by atoms with van der Waals surface area (Å²) in [5.74, 6) is -1.10. The molecular weight excluding hydrogens is 596 g/mol. The lowest BCUT2D eigenvalue weighted by Crippen LogP contribution is -2.28. The molecular formula is C24H26N6O8S3. The molecule has 4 N–H and O–H groups in total. The number of carbonyl (C=O) groups excluding carboxylic acids is 2. The first-order valence-corrected chi connectivity index (χ1v) is 14.4. The number of nitrogens with one attached hydrogen (secondary N) is 2. The maximum atomic E-state index is 12.5. The lowest BCUT2D eigenvalue weighted by Gasteiger charge is -2.08. The molecule has 0 saturated heterocycles. The van der Waals surface area contributed by atoms with Crippen molar-refractivity contribution in [1.82, 2.24) is 21.0 Å². The molecule has 0 aliphatic heterocycles. The summed E-state index contributed by atoms with van der Waals surface area (Å²) in [7, 11) is 0. The van der Waals surface area contributed by atoms with Crippen LogP contribution in [0, 0.1) is 13.8 Å². The van der Waals surface area contributed by atoms with Crippen molar-refractivity contribution in [1.29, 1.82) is 0 Å². The first-order chi connectivity index (χ1) is 19.3. The van der Waals surface area contributed by atoms with Gasteiger partial charge >= 0.3 is 11.3 Å². The number of hydrogen-bond donors (Lipinski definition) is 4. The van der Waals surface area contributed by atoms with Gasteiger partial charge < -0.3 is 19.0 Å². The average Bonchev–Trinajstić information content (AvgIpc) is 3.30. The van der Waals surface area contributed by atoms with E-state index in [2.05, 4.69) is 31.3 Å². The van der Waals surface area contributed by atoms with Gasteiger partial charge in [-0.15, -0.1) is 10.2 Å². The predicted molar refractivity (Wildman–Crippen MR) is 154 cm³/mol. The van der Waals surface area contributed by atoms with E-state index in [1.54, 1.807) is 13.8 Å². The third-order valence-electron chi connectivity index (χ3n) is 5.18. The molecule has 0 aliphatic carbocycles. The number of hydrazone groups is 2. The molecule has 3 rings (SSSR count). The lowest BCUT2D eigenvalue weighted by molar-refractivity contribution is -0.121. The average molecular weight is 623 g/mol. The van der Waals surface area contributed by atoms with Crippen molar-refractivity contribution >= 4 is 58.1 Å². The Morgan fingerprint density at radius 3 is 1.54 bits per heavy atom. The summed E-state index contributed by atoms with van der Waals surface area (Å²) >= 11 is 3.41. The van der Waals surface area contributed by atoms with Gasteiger partial charge in [-0.2, -0.15) is 10.2 Å². The molecule has 218 valence electrons. The van der Waals surface area contributed by atoms with E-state index in [4.69, 9.17) is 8.83 Å². The quantitative estimate of drug-likeness (QED) is 0.146. The van der Waals surface area contributed by atoms with Crippen LogP contribution >= 0.6 is 34.9 Å². The van der Waals surface area contributed by atoms with Crippen molar-refractivity contribution < 1.29 is 28.6 Å². The fourth-order valence-electron chi connectivity index (χ4n) is 3.13. The molecule has 3 aromatic heterocycles. The molecule has 2 amide bonds. The van der Waals surface area contributed by atoms with Crippen LogP contribution in [0.2, 0.25) is 0 Å². The number of aryl methyl sites for hydroxylation is 2. The fraction of sp³-hybridized carbons (Fsp3) is 0.333. The van der Waals surface area contributed by atoms with Gasteiger partial charge in [0.05, 0.1) is 21.9 Å². The highest BCUT2D eigenvalue weighted by Crippen LogP contribution is 2.33. The number of hydrogen-bond acceptors (Lipinski definition) is 15. The summed E-state index contributed by atoms with van der Waals surface area (Å²) in [4.78, 5) is 49.0. The molecule has 0 saturated carbocycles. The van der Waals surface area contributed by atoms with Crippen LogP contribution in [0.1, 0.15) is 50.3 Å². The number of aromatic hydroxyl groups is 2. The molecule has 0 radical (unpaired) electrons. The van der Waals surface area contributed by atoms with E-state index in [9.17, 15) is 29.4 Å². The van der Waals surface area contributed by atoms with Crippen molar-refractivity contribution in [3.05, 3.63) is 55.6 Å². The van der Waals surface area contributed by atoms with Gasteiger partial charge in [-0.25, -0.2) is 20.4 Å². The zero-order chi connectivity index (χ0) is 30.4. The Morgan fingerprint density at radius 2 is 1.20 bits per heavy atom. The molecule has 0 bridgehead atoms. The summed E-state index contributed by atoms with van der Waals surface area (Å²) in [5, 5.41) is 34.6. The molecule has 41 heavy (non-hydrogen) atoms. The van der Waals surface area contributed by atoms with Crippen LogP contribution in [-0.2, 0) is 9.59 Å². The first kappa shape index (κ1) is 31.6. The van der Waals surface area contributed by atoms with Gasteiger partial charge in [-0.05, 0) is 41.5 Å². The Morgan fingerprint density at radius 1 is 0.829 bits per heavy atom. The molecule has 3 heterocycles. The number of thioether (sulfide) groups is 2. The first-order valence-electron chi connectivity index (χ1n) is 11.8. The van der Waals surface area contributed by atoms with Gasteiger partial charge in [-0.3, -0.25) is 9.59 Å². The molecule has 0 spiro atoms. The standard InChI is InChI=1S/C24H26N6O8S3/c1-9-7-15(31)17(21(35)37-9)11(3)25-27-19(33)13(5)39-23-29-30-24(41-23)40-14(6)20(34)28-26-12(4)18-16(32)8-10(2)38-22(18)36/h7-8,13-14,31-32H,1-6H3,(H,27,33)(H,28,34). The van der Waals surface area contributed by atoms with E-state index < -0.39 is 33.6 Å². The third kappa shape index (κ3) is 8.27. The fourth-order valence-corrected chi connectivity index (χ4v) is 6.43. The highest BCUT2D eigenvalue weighted by Gasteiger charge is 2.21. The third-order valence-corrected chi connectivity index (χ3v) is 8.47. The summed E-state index contributed by atoms with van der Waals surface area (Å²) < 4.78 is 10.9. The molecule has 14 nitrogen and oxygen atoms in total. The normalized spacial score (nSPS) is 13.5. The van der Waals surface area contributed by atoms with Crippen LogP contribution in [0.5, 0.6) is 11.5 Å². The molecule has 0 aliphatic rings. The molecule has 0 aromatic carbocycles. The Hall–Kier alpha value is -3.96. The highest BCUT2D eigenvalue weighted by atomic mass is 32.2. The van der Waals surface area contributed by atoms with Crippen LogP contribution in [0.3, 0.4) is 0 Å². The van der Waals surface area contributed by atoms with Crippen LogP contribution in [0.25, 0.3) is 0 Å². The number of carbonyl (C=O) groups is 2. The second-order valence-corrected chi connectivity index (χ2v) is 12.7. The van der Waals surface area contributed by atoms with Crippen molar-refractivity contribution in [3.8, 4) is 11.5 Å². The second kappa shape index (κ2) is 13.6. The maximum Gasteiger partial charge on any atom is 0.348 e. The van der Waals surface area contributed by atoms with E-state index in [1.807, 2.05) is 0 Å². The van der Waals surface area contributed by atoms with E-state index in [-0.39, 0.29) is 45.6 Å². The van der Waals surface area contributed by atoms with Crippen LogP contribution < -0.4 is 22.1 Å².